The lowest BCUT2D eigenvalue weighted by molar-refractivity contribution is -0.121. The van der Waals surface area contributed by atoms with Crippen LogP contribution < -0.4 is 10.6 Å². The molecule has 0 aliphatic carbocycles. The van der Waals surface area contributed by atoms with Gasteiger partial charge in [-0.2, -0.15) is 0 Å². The average molecular weight is 334 g/mol. The van der Waals surface area contributed by atoms with E-state index >= 15 is 0 Å². The number of hydrogen-bond acceptors (Lipinski definition) is 5. The van der Waals surface area contributed by atoms with E-state index in [1.54, 1.807) is 5.38 Å². The molecule has 7 nitrogen and oxygen atoms in total. The summed E-state index contributed by atoms with van der Waals surface area (Å²) in [7, 11) is 0. The lowest BCUT2D eigenvalue weighted by Crippen LogP contribution is -2.33. The zero-order valence-corrected chi connectivity index (χ0v) is 13.7. The summed E-state index contributed by atoms with van der Waals surface area (Å²) in [4.78, 5) is 42.5. The van der Waals surface area contributed by atoms with Gasteiger partial charge in [0.15, 0.2) is 5.13 Å². The number of amides is 3. The van der Waals surface area contributed by atoms with Crippen molar-refractivity contribution in [2.75, 3.05) is 5.32 Å². The van der Waals surface area contributed by atoms with E-state index in [4.69, 9.17) is 0 Å². The molecule has 2 unspecified atom stereocenters. The molecule has 0 saturated heterocycles. The molecule has 1 aliphatic heterocycles. The van der Waals surface area contributed by atoms with Gasteiger partial charge in [0.2, 0.25) is 11.8 Å². The SMILES string of the molecule is CCC(C)NC(=O)Cc1csc(NC(=O)C2C=CC(=O)N=C2)n1. The highest BCUT2D eigenvalue weighted by atomic mass is 32.1. The second-order valence-electron chi connectivity index (χ2n) is 5.19. The third kappa shape index (κ3) is 5.10. The first kappa shape index (κ1) is 17.0. The number of dihydropyridines is 1. The summed E-state index contributed by atoms with van der Waals surface area (Å²) in [5.41, 5.74) is 0.606. The lowest BCUT2D eigenvalue weighted by atomic mass is 10.1. The number of nitrogens with one attached hydrogen (secondary N) is 2. The molecule has 0 spiro atoms. The van der Waals surface area contributed by atoms with Crippen LogP contribution in [0.2, 0.25) is 0 Å². The molecule has 0 radical (unpaired) electrons. The minimum Gasteiger partial charge on any atom is -0.353 e. The number of rotatable bonds is 6. The van der Waals surface area contributed by atoms with E-state index < -0.39 is 5.92 Å². The largest absolute Gasteiger partial charge is 0.353 e. The van der Waals surface area contributed by atoms with E-state index in [9.17, 15) is 14.4 Å². The molecule has 2 N–H and O–H groups in total. The predicted molar refractivity (Wildman–Crippen MR) is 88.5 cm³/mol. The van der Waals surface area contributed by atoms with Gasteiger partial charge in [-0.3, -0.25) is 14.4 Å². The van der Waals surface area contributed by atoms with Crippen LogP contribution in [-0.2, 0) is 20.8 Å². The zero-order valence-electron chi connectivity index (χ0n) is 12.9. The molecular weight excluding hydrogens is 316 g/mol. The third-order valence-corrected chi connectivity index (χ3v) is 4.06. The highest BCUT2D eigenvalue weighted by Gasteiger charge is 2.18. The summed E-state index contributed by atoms with van der Waals surface area (Å²) < 4.78 is 0. The van der Waals surface area contributed by atoms with Crippen molar-refractivity contribution in [3.05, 3.63) is 23.2 Å². The van der Waals surface area contributed by atoms with E-state index in [-0.39, 0.29) is 30.2 Å². The summed E-state index contributed by atoms with van der Waals surface area (Å²) in [6, 6.07) is 0.125. The first-order valence-corrected chi connectivity index (χ1v) is 8.17. The smallest absolute Gasteiger partial charge is 0.269 e. The van der Waals surface area contributed by atoms with Crippen LogP contribution >= 0.6 is 11.3 Å². The van der Waals surface area contributed by atoms with Gasteiger partial charge in [0.05, 0.1) is 18.0 Å². The number of aromatic nitrogens is 1. The fourth-order valence-electron chi connectivity index (χ4n) is 1.81. The van der Waals surface area contributed by atoms with Crippen LogP contribution in [0.3, 0.4) is 0 Å². The molecule has 0 bridgehead atoms. The lowest BCUT2D eigenvalue weighted by Gasteiger charge is -2.10. The van der Waals surface area contributed by atoms with Gasteiger partial charge >= 0.3 is 0 Å². The van der Waals surface area contributed by atoms with Crippen LogP contribution in [0.4, 0.5) is 5.13 Å². The second kappa shape index (κ2) is 7.77. The zero-order chi connectivity index (χ0) is 16.8. The van der Waals surface area contributed by atoms with Crippen molar-refractivity contribution in [1.82, 2.24) is 10.3 Å². The van der Waals surface area contributed by atoms with Crippen molar-refractivity contribution in [2.45, 2.75) is 32.7 Å². The van der Waals surface area contributed by atoms with E-state index in [0.29, 0.717) is 10.8 Å². The number of thiazole rings is 1. The van der Waals surface area contributed by atoms with Gasteiger partial charge in [0.25, 0.3) is 5.91 Å². The monoisotopic (exact) mass is 334 g/mol. The summed E-state index contributed by atoms with van der Waals surface area (Å²) >= 11 is 1.25. The molecule has 1 aromatic rings. The Morgan fingerprint density at radius 2 is 2.22 bits per heavy atom. The minimum atomic E-state index is -0.589. The standard InChI is InChI=1S/C15H18N4O3S/c1-3-9(2)17-13(21)6-11-8-23-15(18-11)19-14(22)10-4-5-12(20)16-7-10/h4-5,7-10H,3,6H2,1-2H3,(H,17,21)(H,18,19,22). The van der Waals surface area contributed by atoms with Gasteiger partial charge in [-0.15, -0.1) is 11.3 Å². The van der Waals surface area contributed by atoms with Crippen molar-refractivity contribution in [2.24, 2.45) is 10.9 Å². The van der Waals surface area contributed by atoms with Gasteiger partial charge in [-0.25, -0.2) is 9.98 Å². The molecule has 3 amide bonds. The summed E-state index contributed by atoms with van der Waals surface area (Å²) in [5.74, 6) is -1.38. The Bertz CT molecular complexity index is 649. The number of hydrogen-bond donors (Lipinski definition) is 2. The molecule has 122 valence electrons. The number of anilines is 1. The molecule has 23 heavy (non-hydrogen) atoms. The predicted octanol–water partition coefficient (Wildman–Crippen LogP) is 1.32. The Kier molecular flexibility index (Phi) is 5.75. The Balaban J connectivity index is 1.88. The molecule has 0 saturated carbocycles. The maximum Gasteiger partial charge on any atom is 0.269 e. The van der Waals surface area contributed by atoms with Crippen molar-refractivity contribution < 1.29 is 14.4 Å². The Labute approximate surface area is 137 Å². The first-order valence-electron chi connectivity index (χ1n) is 7.29. The summed E-state index contributed by atoms with van der Waals surface area (Å²) in [6.07, 6.45) is 5.08. The molecule has 0 aromatic carbocycles. The highest BCUT2D eigenvalue weighted by molar-refractivity contribution is 7.13. The number of nitrogens with zero attached hydrogens (tertiary/aromatic N) is 2. The van der Waals surface area contributed by atoms with Crippen LogP contribution in [0.25, 0.3) is 0 Å². The van der Waals surface area contributed by atoms with E-state index in [0.717, 1.165) is 6.42 Å². The topological polar surface area (TPSA) is 101 Å². The van der Waals surface area contributed by atoms with Crippen LogP contribution in [0.1, 0.15) is 26.0 Å². The molecule has 8 heteroatoms. The highest BCUT2D eigenvalue weighted by Crippen LogP contribution is 2.17. The van der Waals surface area contributed by atoms with Crippen LogP contribution in [0.5, 0.6) is 0 Å². The average Bonchev–Trinajstić information content (AvgIpc) is 2.94. The third-order valence-electron chi connectivity index (χ3n) is 3.25. The molecular formula is C15H18N4O3S. The van der Waals surface area contributed by atoms with Gasteiger partial charge in [0.1, 0.15) is 0 Å². The molecule has 1 aromatic heterocycles. The van der Waals surface area contributed by atoms with Crippen molar-refractivity contribution >= 4 is 40.4 Å². The van der Waals surface area contributed by atoms with Crippen LogP contribution in [-0.4, -0.2) is 35.0 Å². The van der Waals surface area contributed by atoms with Crippen LogP contribution in [0, 0.1) is 5.92 Å². The Hall–Kier alpha value is -2.35. The fourth-order valence-corrected chi connectivity index (χ4v) is 2.53. The van der Waals surface area contributed by atoms with Gasteiger partial charge < -0.3 is 10.6 Å². The van der Waals surface area contributed by atoms with Gasteiger partial charge in [0, 0.05) is 23.7 Å². The molecule has 2 atom stereocenters. The summed E-state index contributed by atoms with van der Waals surface area (Å²) in [5, 5.41) is 7.67. The normalized spacial score (nSPS) is 17.8. The molecule has 2 rings (SSSR count). The number of carbonyl (C=O) groups excluding carboxylic acids is 3. The fraction of sp³-hybridized carbons (Fsp3) is 0.400. The van der Waals surface area contributed by atoms with Crippen molar-refractivity contribution in [3.8, 4) is 0 Å². The van der Waals surface area contributed by atoms with Gasteiger partial charge in [-0.1, -0.05) is 13.0 Å². The van der Waals surface area contributed by atoms with Gasteiger partial charge in [-0.05, 0) is 13.3 Å². The van der Waals surface area contributed by atoms with Crippen molar-refractivity contribution in [3.63, 3.8) is 0 Å². The number of aliphatic imine (C=N–C) groups is 1. The Morgan fingerprint density at radius 1 is 1.43 bits per heavy atom. The Morgan fingerprint density at radius 3 is 2.87 bits per heavy atom. The maximum atomic E-state index is 12.0. The maximum absolute atomic E-state index is 12.0. The first-order chi connectivity index (χ1) is 11.0. The molecule has 2 heterocycles. The number of carbonyl (C=O) groups is 3. The van der Waals surface area contributed by atoms with Crippen LogP contribution in [0.15, 0.2) is 22.5 Å². The summed E-state index contributed by atoms with van der Waals surface area (Å²) in [6.45, 7) is 3.94. The van der Waals surface area contributed by atoms with Crippen molar-refractivity contribution in [1.29, 1.82) is 0 Å². The second-order valence-corrected chi connectivity index (χ2v) is 6.05. The van der Waals surface area contributed by atoms with E-state index in [1.807, 2.05) is 13.8 Å². The minimum absolute atomic E-state index is 0.0941. The quantitative estimate of drug-likeness (QED) is 0.819. The van der Waals surface area contributed by atoms with E-state index in [2.05, 4.69) is 20.6 Å². The molecule has 1 aliphatic rings. The van der Waals surface area contributed by atoms with E-state index in [1.165, 1.54) is 29.7 Å². The molecule has 0 fully saturated rings.